The first-order chi connectivity index (χ1) is 10.7. The Morgan fingerprint density at radius 3 is 2.95 bits per heavy atom. The molecule has 0 saturated heterocycles. The van der Waals surface area contributed by atoms with Gasteiger partial charge >= 0.3 is 0 Å². The number of nitrogens with one attached hydrogen (secondary N) is 1. The van der Waals surface area contributed by atoms with Crippen LogP contribution in [0.3, 0.4) is 0 Å². The van der Waals surface area contributed by atoms with Gasteiger partial charge in [-0.1, -0.05) is 18.2 Å². The summed E-state index contributed by atoms with van der Waals surface area (Å²) in [5.74, 6) is 1.43. The Morgan fingerprint density at radius 1 is 1.41 bits per heavy atom. The summed E-state index contributed by atoms with van der Waals surface area (Å²) in [4.78, 5) is 12.4. The van der Waals surface area contributed by atoms with Gasteiger partial charge < -0.3 is 10.1 Å². The van der Waals surface area contributed by atoms with E-state index in [0.717, 1.165) is 24.2 Å². The molecule has 3 rings (SSSR count). The summed E-state index contributed by atoms with van der Waals surface area (Å²) >= 11 is 1.69. The highest BCUT2D eigenvalue weighted by molar-refractivity contribution is 7.07. The van der Waals surface area contributed by atoms with Crippen LogP contribution in [-0.2, 0) is 11.2 Å². The zero-order valence-electron chi connectivity index (χ0n) is 12.9. The molecule has 1 aliphatic rings. The molecule has 1 aromatic carbocycles. The fraction of sp³-hybridized carbons (Fsp3) is 0.389. The van der Waals surface area contributed by atoms with Crippen LogP contribution in [0.5, 0.6) is 5.75 Å². The van der Waals surface area contributed by atoms with Crippen LogP contribution in [0.25, 0.3) is 0 Å². The van der Waals surface area contributed by atoms with E-state index in [-0.39, 0.29) is 17.9 Å². The zero-order valence-corrected chi connectivity index (χ0v) is 13.7. The summed E-state index contributed by atoms with van der Waals surface area (Å²) in [6.07, 6.45) is 1.80. The van der Waals surface area contributed by atoms with Crippen molar-refractivity contribution in [3.63, 3.8) is 0 Å². The lowest BCUT2D eigenvalue weighted by molar-refractivity contribution is -0.123. The van der Waals surface area contributed by atoms with Crippen molar-refractivity contribution >= 4 is 17.2 Å². The number of benzene rings is 1. The largest absolute Gasteiger partial charge is 0.496 e. The first-order valence-electron chi connectivity index (χ1n) is 7.63. The molecule has 22 heavy (non-hydrogen) atoms. The van der Waals surface area contributed by atoms with Crippen molar-refractivity contribution in [2.24, 2.45) is 5.92 Å². The second kappa shape index (κ2) is 6.53. The molecule has 1 heterocycles. The van der Waals surface area contributed by atoms with Crippen molar-refractivity contribution in [2.45, 2.75) is 31.7 Å². The lowest BCUT2D eigenvalue weighted by Gasteiger charge is -2.13. The SMILES string of the molecule is COc1ccccc1[C@@H]1C[C@H]1C(=O)N[C@@H](C)Cc1ccsc1. The number of hydrogen-bond acceptors (Lipinski definition) is 3. The van der Waals surface area contributed by atoms with Crippen LogP contribution >= 0.6 is 11.3 Å². The normalized spacial score (nSPS) is 21.2. The molecule has 0 aliphatic heterocycles. The first kappa shape index (κ1) is 15.1. The van der Waals surface area contributed by atoms with Gasteiger partial charge in [-0.15, -0.1) is 0 Å². The fourth-order valence-electron chi connectivity index (χ4n) is 2.96. The van der Waals surface area contributed by atoms with Crippen molar-refractivity contribution in [1.29, 1.82) is 0 Å². The molecule has 1 amide bonds. The highest BCUT2D eigenvalue weighted by Crippen LogP contribution is 2.50. The topological polar surface area (TPSA) is 38.3 Å². The number of rotatable bonds is 6. The van der Waals surface area contributed by atoms with Gasteiger partial charge in [0.15, 0.2) is 0 Å². The Hall–Kier alpha value is -1.81. The summed E-state index contributed by atoms with van der Waals surface area (Å²) in [6.45, 7) is 2.07. The Morgan fingerprint density at radius 2 is 2.23 bits per heavy atom. The van der Waals surface area contributed by atoms with E-state index in [1.54, 1.807) is 18.4 Å². The van der Waals surface area contributed by atoms with Gasteiger partial charge in [0.2, 0.25) is 5.91 Å². The molecule has 3 nitrogen and oxygen atoms in total. The van der Waals surface area contributed by atoms with Gasteiger partial charge in [-0.3, -0.25) is 4.79 Å². The lowest BCUT2D eigenvalue weighted by Crippen LogP contribution is -2.35. The third kappa shape index (κ3) is 3.33. The van der Waals surface area contributed by atoms with Gasteiger partial charge in [0, 0.05) is 12.0 Å². The number of methoxy groups -OCH3 is 1. The van der Waals surface area contributed by atoms with E-state index in [1.165, 1.54) is 5.56 Å². The van der Waals surface area contributed by atoms with E-state index in [9.17, 15) is 4.79 Å². The van der Waals surface area contributed by atoms with Crippen LogP contribution in [0.15, 0.2) is 41.1 Å². The Labute approximate surface area is 135 Å². The Balaban J connectivity index is 1.56. The molecule has 1 saturated carbocycles. The third-order valence-corrected chi connectivity index (χ3v) is 4.91. The number of carbonyl (C=O) groups is 1. The van der Waals surface area contributed by atoms with Crippen molar-refractivity contribution in [2.75, 3.05) is 7.11 Å². The third-order valence-electron chi connectivity index (χ3n) is 4.18. The molecule has 116 valence electrons. The van der Waals surface area contributed by atoms with Crippen LogP contribution in [0.2, 0.25) is 0 Å². The highest BCUT2D eigenvalue weighted by Gasteiger charge is 2.45. The molecule has 3 atom stereocenters. The molecule has 1 aliphatic carbocycles. The molecule has 1 N–H and O–H groups in total. The minimum atomic E-state index is 0.0845. The number of thiophene rings is 1. The maximum absolute atomic E-state index is 12.4. The van der Waals surface area contributed by atoms with Gasteiger partial charge in [0.25, 0.3) is 0 Å². The zero-order chi connectivity index (χ0) is 15.5. The van der Waals surface area contributed by atoms with E-state index in [4.69, 9.17) is 4.74 Å². The number of amides is 1. The average Bonchev–Trinajstić information content (AvgIpc) is 3.17. The van der Waals surface area contributed by atoms with Gasteiger partial charge in [-0.25, -0.2) is 0 Å². The number of para-hydroxylation sites is 1. The van der Waals surface area contributed by atoms with Crippen molar-refractivity contribution in [1.82, 2.24) is 5.32 Å². The standard InChI is InChI=1S/C18H21NO2S/c1-12(9-13-7-8-22-11-13)19-18(20)16-10-15(16)14-5-3-4-6-17(14)21-2/h3-8,11-12,15-16H,9-10H2,1-2H3,(H,19,20)/t12-,15-,16+/m0/s1. The molecule has 4 heteroatoms. The average molecular weight is 315 g/mol. The smallest absolute Gasteiger partial charge is 0.223 e. The lowest BCUT2D eigenvalue weighted by atomic mass is 10.1. The molecule has 1 aromatic heterocycles. The maximum Gasteiger partial charge on any atom is 0.223 e. The number of carbonyl (C=O) groups excluding carboxylic acids is 1. The van der Waals surface area contributed by atoms with Crippen LogP contribution in [0.1, 0.15) is 30.4 Å². The quantitative estimate of drug-likeness (QED) is 0.884. The summed E-state index contributed by atoms with van der Waals surface area (Å²) in [7, 11) is 1.68. The predicted octanol–water partition coefficient (Wildman–Crippen LogP) is 3.61. The molecular weight excluding hydrogens is 294 g/mol. The summed E-state index contributed by atoms with van der Waals surface area (Å²) in [6, 6.07) is 10.3. The van der Waals surface area contributed by atoms with Gasteiger partial charge in [0.1, 0.15) is 5.75 Å². The first-order valence-corrected chi connectivity index (χ1v) is 8.57. The van der Waals surface area contributed by atoms with Crippen molar-refractivity contribution < 1.29 is 9.53 Å². The van der Waals surface area contributed by atoms with Crippen molar-refractivity contribution in [3.05, 3.63) is 52.2 Å². The highest BCUT2D eigenvalue weighted by atomic mass is 32.1. The van der Waals surface area contributed by atoms with Crippen molar-refractivity contribution in [3.8, 4) is 5.75 Å². The van der Waals surface area contributed by atoms with Gasteiger partial charge in [-0.2, -0.15) is 11.3 Å². The number of ether oxygens (including phenoxy) is 1. The second-order valence-corrected chi connectivity index (χ2v) is 6.72. The fourth-order valence-corrected chi connectivity index (χ4v) is 3.65. The van der Waals surface area contributed by atoms with E-state index >= 15 is 0 Å². The Bertz CT molecular complexity index is 638. The van der Waals surface area contributed by atoms with Crippen LogP contribution in [0.4, 0.5) is 0 Å². The molecule has 0 radical (unpaired) electrons. The van der Waals surface area contributed by atoms with E-state index in [0.29, 0.717) is 5.92 Å². The predicted molar refractivity (Wildman–Crippen MR) is 89.5 cm³/mol. The second-order valence-electron chi connectivity index (χ2n) is 5.94. The van der Waals surface area contributed by atoms with E-state index in [1.807, 2.05) is 18.2 Å². The Kier molecular flexibility index (Phi) is 4.48. The van der Waals surface area contributed by atoms with Crippen LogP contribution in [-0.4, -0.2) is 19.1 Å². The molecular formula is C18H21NO2S. The summed E-state index contributed by atoms with van der Waals surface area (Å²) in [5, 5.41) is 7.35. The van der Waals surface area contributed by atoms with E-state index < -0.39 is 0 Å². The van der Waals surface area contributed by atoms with E-state index in [2.05, 4.69) is 35.1 Å². The molecule has 0 bridgehead atoms. The number of hydrogen-bond donors (Lipinski definition) is 1. The minimum Gasteiger partial charge on any atom is -0.496 e. The van der Waals surface area contributed by atoms with Gasteiger partial charge in [-0.05, 0) is 59.7 Å². The monoisotopic (exact) mass is 315 g/mol. The van der Waals surface area contributed by atoms with Crippen LogP contribution < -0.4 is 10.1 Å². The summed E-state index contributed by atoms with van der Waals surface area (Å²) < 4.78 is 5.40. The van der Waals surface area contributed by atoms with Crippen LogP contribution in [0, 0.1) is 5.92 Å². The molecule has 2 aromatic rings. The van der Waals surface area contributed by atoms with Gasteiger partial charge in [0.05, 0.1) is 7.11 Å². The minimum absolute atomic E-state index is 0.0845. The maximum atomic E-state index is 12.4. The molecule has 0 unspecified atom stereocenters. The molecule has 1 fully saturated rings. The molecule has 0 spiro atoms. The summed E-state index contributed by atoms with van der Waals surface area (Å²) in [5.41, 5.74) is 2.44.